The van der Waals surface area contributed by atoms with E-state index in [1.807, 2.05) is 20.8 Å². The van der Waals surface area contributed by atoms with Crippen molar-refractivity contribution in [2.75, 3.05) is 6.54 Å². The zero-order valence-corrected chi connectivity index (χ0v) is 10.3. The van der Waals surface area contributed by atoms with E-state index in [0.717, 1.165) is 6.42 Å². The molecule has 0 radical (unpaired) electrons. The normalized spacial score (nSPS) is 28.1. The Labute approximate surface area is 95.8 Å². The van der Waals surface area contributed by atoms with E-state index in [0.29, 0.717) is 25.8 Å². The molecule has 2 atom stereocenters. The second-order valence-corrected chi connectivity index (χ2v) is 5.90. The van der Waals surface area contributed by atoms with Crippen LogP contribution in [0.25, 0.3) is 0 Å². The van der Waals surface area contributed by atoms with Crippen molar-refractivity contribution in [2.24, 2.45) is 11.8 Å². The summed E-state index contributed by atoms with van der Waals surface area (Å²) < 4.78 is 37.7. The van der Waals surface area contributed by atoms with E-state index < -0.39 is 12.1 Å². The SMILES string of the molecule is CC(C)(C)NCC1CCCC(C(F)(F)F)C1. The number of rotatable bonds is 2. The van der Waals surface area contributed by atoms with Crippen LogP contribution in [0.2, 0.25) is 0 Å². The highest BCUT2D eigenvalue weighted by Crippen LogP contribution is 2.39. The minimum Gasteiger partial charge on any atom is -0.312 e. The molecule has 1 nitrogen and oxygen atoms in total. The molecule has 0 bridgehead atoms. The van der Waals surface area contributed by atoms with E-state index in [4.69, 9.17) is 0 Å². The molecule has 96 valence electrons. The molecule has 1 aliphatic rings. The van der Waals surface area contributed by atoms with E-state index in [2.05, 4.69) is 5.32 Å². The van der Waals surface area contributed by atoms with Gasteiger partial charge in [-0.2, -0.15) is 13.2 Å². The summed E-state index contributed by atoms with van der Waals surface area (Å²) in [6.07, 6.45) is -1.75. The zero-order chi connectivity index (χ0) is 12.4. The number of alkyl halides is 3. The lowest BCUT2D eigenvalue weighted by Gasteiger charge is -2.32. The van der Waals surface area contributed by atoms with Gasteiger partial charge >= 0.3 is 6.18 Å². The fourth-order valence-corrected chi connectivity index (χ4v) is 2.22. The smallest absolute Gasteiger partial charge is 0.312 e. The van der Waals surface area contributed by atoms with Crippen LogP contribution < -0.4 is 5.32 Å². The van der Waals surface area contributed by atoms with Crippen LogP contribution in [0.1, 0.15) is 46.5 Å². The van der Waals surface area contributed by atoms with Crippen LogP contribution in [0.3, 0.4) is 0 Å². The standard InChI is InChI=1S/C12H22F3N/c1-11(2,3)16-8-9-5-4-6-10(7-9)12(13,14)15/h9-10,16H,4-8H2,1-3H3. The lowest BCUT2D eigenvalue weighted by Crippen LogP contribution is -2.41. The molecular weight excluding hydrogens is 215 g/mol. The molecule has 0 aliphatic heterocycles. The van der Waals surface area contributed by atoms with Gasteiger partial charge in [0.1, 0.15) is 0 Å². The predicted octanol–water partition coefficient (Wildman–Crippen LogP) is 3.74. The highest BCUT2D eigenvalue weighted by Gasteiger charge is 2.42. The molecule has 0 aromatic carbocycles. The summed E-state index contributed by atoms with van der Waals surface area (Å²) in [5.41, 5.74) is -0.00875. The Morgan fingerprint density at radius 3 is 2.25 bits per heavy atom. The van der Waals surface area contributed by atoms with Crippen molar-refractivity contribution in [1.82, 2.24) is 5.32 Å². The molecule has 1 rings (SSSR count). The first-order valence-electron chi connectivity index (χ1n) is 6.00. The molecule has 1 N–H and O–H groups in total. The van der Waals surface area contributed by atoms with Gasteiger partial charge in [-0.25, -0.2) is 0 Å². The highest BCUT2D eigenvalue weighted by atomic mass is 19.4. The fourth-order valence-electron chi connectivity index (χ4n) is 2.22. The molecule has 16 heavy (non-hydrogen) atoms. The summed E-state index contributed by atoms with van der Waals surface area (Å²) in [6, 6.07) is 0. The van der Waals surface area contributed by atoms with Gasteiger partial charge in [-0.05, 0) is 52.5 Å². The third kappa shape index (κ3) is 4.73. The number of hydrogen-bond donors (Lipinski definition) is 1. The molecular formula is C12H22F3N. The molecule has 0 saturated heterocycles. The lowest BCUT2D eigenvalue weighted by atomic mass is 9.81. The minimum atomic E-state index is -4.00. The van der Waals surface area contributed by atoms with Crippen molar-refractivity contribution in [3.63, 3.8) is 0 Å². The van der Waals surface area contributed by atoms with Gasteiger partial charge in [0.2, 0.25) is 0 Å². The van der Waals surface area contributed by atoms with E-state index in [-0.39, 0.29) is 11.5 Å². The molecule has 4 heteroatoms. The van der Waals surface area contributed by atoms with Gasteiger partial charge < -0.3 is 5.32 Å². The Bertz CT molecular complexity index is 217. The van der Waals surface area contributed by atoms with Crippen LogP contribution in [0.4, 0.5) is 13.2 Å². The fraction of sp³-hybridized carbons (Fsp3) is 1.00. The van der Waals surface area contributed by atoms with Gasteiger partial charge in [0.25, 0.3) is 0 Å². The molecule has 0 aromatic heterocycles. The van der Waals surface area contributed by atoms with E-state index in [1.54, 1.807) is 0 Å². The number of nitrogens with one attached hydrogen (secondary N) is 1. The Kier molecular flexibility index (Phi) is 4.27. The topological polar surface area (TPSA) is 12.0 Å². The van der Waals surface area contributed by atoms with Crippen molar-refractivity contribution in [1.29, 1.82) is 0 Å². The second-order valence-electron chi connectivity index (χ2n) is 5.90. The molecule has 1 fully saturated rings. The van der Waals surface area contributed by atoms with Crippen molar-refractivity contribution >= 4 is 0 Å². The molecule has 1 aliphatic carbocycles. The van der Waals surface area contributed by atoms with Gasteiger partial charge in [0, 0.05) is 5.54 Å². The van der Waals surface area contributed by atoms with Gasteiger partial charge in [-0.15, -0.1) is 0 Å². The highest BCUT2D eigenvalue weighted by molar-refractivity contribution is 4.81. The predicted molar refractivity (Wildman–Crippen MR) is 59.3 cm³/mol. The van der Waals surface area contributed by atoms with Crippen LogP contribution >= 0.6 is 0 Å². The van der Waals surface area contributed by atoms with Crippen LogP contribution in [-0.4, -0.2) is 18.3 Å². The van der Waals surface area contributed by atoms with E-state index in [9.17, 15) is 13.2 Å². The largest absolute Gasteiger partial charge is 0.391 e. The zero-order valence-electron chi connectivity index (χ0n) is 10.3. The third-order valence-electron chi connectivity index (χ3n) is 3.17. The summed E-state index contributed by atoms with van der Waals surface area (Å²) in [7, 11) is 0. The molecule has 0 heterocycles. The average molecular weight is 237 g/mol. The van der Waals surface area contributed by atoms with Crippen LogP contribution in [0, 0.1) is 11.8 Å². The second kappa shape index (κ2) is 4.94. The first-order valence-corrected chi connectivity index (χ1v) is 6.00. The van der Waals surface area contributed by atoms with Gasteiger partial charge in [0.15, 0.2) is 0 Å². The molecule has 0 spiro atoms. The molecule has 2 unspecified atom stereocenters. The van der Waals surface area contributed by atoms with Crippen LogP contribution in [0.5, 0.6) is 0 Å². The van der Waals surface area contributed by atoms with Gasteiger partial charge in [-0.3, -0.25) is 0 Å². The Morgan fingerprint density at radius 1 is 1.12 bits per heavy atom. The summed E-state index contributed by atoms with van der Waals surface area (Å²) in [6.45, 7) is 6.82. The summed E-state index contributed by atoms with van der Waals surface area (Å²) in [5, 5.41) is 3.30. The summed E-state index contributed by atoms with van der Waals surface area (Å²) in [5.74, 6) is -0.896. The number of halogens is 3. The summed E-state index contributed by atoms with van der Waals surface area (Å²) >= 11 is 0. The molecule has 0 aromatic rings. The molecule has 0 amide bonds. The Hall–Kier alpha value is -0.250. The average Bonchev–Trinajstić information content (AvgIpc) is 2.13. The van der Waals surface area contributed by atoms with E-state index in [1.165, 1.54) is 0 Å². The number of hydrogen-bond acceptors (Lipinski definition) is 1. The van der Waals surface area contributed by atoms with Crippen molar-refractivity contribution < 1.29 is 13.2 Å². The van der Waals surface area contributed by atoms with E-state index >= 15 is 0 Å². The maximum absolute atomic E-state index is 12.6. The van der Waals surface area contributed by atoms with Gasteiger partial charge in [0.05, 0.1) is 5.92 Å². The first kappa shape index (κ1) is 13.8. The minimum absolute atomic E-state index is 0.00875. The Morgan fingerprint density at radius 2 is 1.75 bits per heavy atom. The van der Waals surface area contributed by atoms with Crippen molar-refractivity contribution in [2.45, 2.75) is 58.2 Å². The third-order valence-corrected chi connectivity index (χ3v) is 3.17. The summed E-state index contributed by atoms with van der Waals surface area (Å²) in [4.78, 5) is 0. The van der Waals surface area contributed by atoms with Crippen molar-refractivity contribution in [3.05, 3.63) is 0 Å². The Balaban J connectivity index is 2.39. The monoisotopic (exact) mass is 237 g/mol. The quantitative estimate of drug-likeness (QED) is 0.771. The van der Waals surface area contributed by atoms with Crippen molar-refractivity contribution in [3.8, 4) is 0 Å². The maximum atomic E-state index is 12.6. The maximum Gasteiger partial charge on any atom is 0.391 e. The van der Waals surface area contributed by atoms with Gasteiger partial charge in [-0.1, -0.05) is 6.42 Å². The van der Waals surface area contributed by atoms with Crippen LogP contribution in [0.15, 0.2) is 0 Å². The first-order chi connectivity index (χ1) is 7.18. The lowest BCUT2D eigenvalue weighted by molar-refractivity contribution is -0.185. The molecule has 1 saturated carbocycles. The van der Waals surface area contributed by atoms with Crippen LogP contribution in [-0.2, 0) is 0 Å².